The second-order valence-corrected chi connectivity index (χ2v) is 5.05. The number of halogens is 2. The molecule has 4 nitrogen and oxygen atoms in total. The molecule has 0 aromatic heterocycles. The van der Waals surface area contributed by atoms with Crippen molar-refractivity contribution in [3.63, 3.8) is 0 Å². The second-order valence-electron chi connectivity index (χ2n) is 4.20. The summed E-state index contributed by atoms with van der Waals surface area (Å²) in [6, 6.07) is 4.32. The molecule has 112 valence electrons. The molecule has 0 atom stereocenters. The van der Waals surface area contributed by atoms with Crippen molar-refractivity contribution in [2.24, 2.45) is 0 Å². The Morgan fingerprint density at radius 1 is 1.30 bits per heavy atom. The first-order valence-electron chi connectivity index (χ1n) is 6.45. The molecule has 0 bridgehead atoms. The normalized spacial score (nSPS) is 10.6. The molecule has 0 aliphatic carbocycles. The van der Waals surface area contributed by atoms with Gasteiger partial charge in [0.15, 0.2) is 0 Å². The number of nitrogens with one attached hydrogen (secondary N) is 1. The maximum atomic E-state index is 13.3. The summed E-state index contributed by atoms with van der Waals surface area (Å²) in [6.07, 6.45) is 1.68. The summed E-state index contributed by atoms with van der Waals surface area (Å²) in [6.45, 7) is 2.36. The second kappa shape index (κ2) is 9.85. The predicted octanol–water partition coefficient (Wildman–Crippen LogP) is 2.76. The molecule has 0 spiro atoms. The van der Waals surface area contributed by atoms with Gasteiger partial charge in [-0.2, -0.15) is 0 Å². The molecule has 0 unspecified atom stereocenters. The van der Waals surface area contributed by atoms with Crippen LogP contribution in [0.3, 0.4) is 0 Å². The molecule has 0 heterocycles. The van der Waals surface area contributed by atoms with Gasteiger partial charge in [-0.1, -0.05) is 0 Å². The lowest BCUT2D eigenvalue weighted by molar-refractivity contribution is 0.0686. The molecule has 0 aliphatic rings. The third-order valence-electron chi connectivity index (χ3n) is 2.61. The van der Waals surface area contributed by atoms with Crippen molar-refractivity contribution in [3.8, 4) is 0 Å². The average molecular weight is 348 g/mol. The topological polar surface area (TPSA) is 47.6 Å². The molecule has 1 amide bonds. The molecule has 0 fully saturated rings. The lowest BCUT2D eigenvalue weighted by Gasteiger charge is -2.06. The summed E-state index contributed by atoms with van der Waals surface area (Å²) in [7, 11) is 1.63. The molecular weight excluding hydrogens is 329 g/mol. The van der Waals surface area contributed by atoms with Crippen molar-refractivity contribution in [2.45, 2.75) is 12.8 Å². The third kappa shape index (κ3) is 6.45. The van der Waals surface area contributed by atoms with E-state index in [1.807, 2.05) is 0 Å². The number of methoxy groups -OCH3 is 1. The molecule has 1 rings (SSSR count). The highest BCUT2D eigenvalue weighted by molar-refractivity contribution is 9.10. The highest BCUT2D eigenvalue weighted by Crippen LogP contribution is 2.16. The number of ether oxygens (including phenoxy) is 2. The fourth-order valence-corrected chi connectivity index (χ4v) is 1.76. The fourth-order valence-electron chi connectivity index (χ4n) is 1.51. The number of carbonyl (C=O) groups is 1. The summed E-state index contributed by atoms with van der Waals surface area (Å²) in [5, 5.41) is 2.75. The van der Waals surface area contributed by atoms with Crippen molar-refractivity contribution in [2.75, 3.05) is 33.5 Å². The smallest absolute Gasteiger partial charge is 0.251 e. The van der Waals surface area contributed by atoms with Crippen molar-refractivity contribution in [3.05, 3.63) is 34.1 Å². The monoisotopic (exact) mass is 347 g/mol. The van der Waals surface area contributed by atoms with Crippen LogP contribution in [0, 0.1) is 5.82 Å². The van der Waals surface area contributed by atoms with Gasteiger partial charge in [0.25, 0.3) is 5.91 Å². The van der Waals surface area contributed by atoms with Gasteiger partial charge in [-0.05, 0) is 47.0 Å². The van der Waals surface area contributed by atoms with E-state index in [0.29, 0.717) is 36.4 Å². The van der Waals surface area contributed by atoms with E-state index in [1.165, 1.54) is 12.1 Å². The molecule has 0 radical (unpaired) electrons. The molecule has 1 N–H and O–H groups in total. The van der Waals surface area contributed by atoms with Crippen molar-refractivity contribution in [1.82, 2.24) is 5.32 Å². The van der Waals surface area contributed by atoms with Gasteiger partial charge in [-0.15, -0.1) is 0 Å². The number of hydrogen-bond acceptors (Lipinski definition) is 3. The number of unbranched alkanes of at least 4 members (excludes halogenated alkanes) is 1. The number of hydrogen-bond donors (Lipinski definition) is 1. The largest absolute Gasteiger partial charge is 0.382 e. The molecular formula is C14H19BrFNO3. The molecule has 6 heteroatoms. The Balaban J connectivity index is 2.15. The number of carbonyl (C=O) groups excluding carboxylic acids is 1. The van der Waals surface area contributed by atoms with Crippen LogP contribution >= 0.6 is 15.9 Å². The van der Waals surface area contributed by atoms with Crippen LogP contribution in [-0.2, 0) is 9.47 Å². The minimum Gasteiger partial charge on any atom is -0.382 e. The number of rotatable bonds is 9. The van der Waals surface area contributed by atoms with E-state index < -0.39 is 5.82 Å². The highest BCUT2D eigenvalue weighted by Gasteiger charge is 2.07. The van der Waals surface area contributed by atoms with E-state index in [2.05, 4.69) is 21.2 Å². The van der Waals surface area contributed by atoms with Crippen LogP contribution in [-0.4, -0.2) is 39.4 Å². The van der Waals surface area contributed by atoms with E-state index in [1.54, 1.807) is 13.2 Å². The molecule has 0 saturated carbocycles. The third-order valence-corrected chi connectivity index (χ3v) is 3.26. The van der Waals surface area contributed by atoms with Crippen LogP contribution in [0.15, 0.2) is 22.7 Å². The van der Waals surface area contributed by atoms with E-state index in [4.69, 9.17) is 9.47 Å². The Morgan fingerprint density at radius 2 is 2.10 bits per heavy atom. The lowest BCUT2D eigenvalue weighted by Crippen LogP contribution is -2.24. The van der Waals surface area contributed by atoms with E-state index in [9.17, 15) is 9.18 Å². The first-order valence-corrected chi connectivity index (χ1v) is 7.24. The minimum absolute atomic E-state index is 0.267. The van der Waals surface area contributed by atoms with Gasteiger partial charge in [0, 0.05) is 25.8 Å². The molecule has 1 aromatic carbocycles. The summed E-state index contributed by atoms with van der Waals surface area (Å²) in [4.78, 5) is 11.7. The highest BCUT2D eigenvalue weighted by atomic mass is 79.9. The van der Waals surface area contributed by atoms with Crippen LogP contribution < -0.4 is 5.32 Å². The predicted molar refractivity (Wildman–Crippen MR) is 78.4 cm³/mol. The first kappa shape index (κ1) is 17.1. The molecule has 0 aliphatic heterocycles. The van der Waals surface area contributed by atoms with E-state index >= 15 is 0 Å². The van der Waals surface area contributed by atoms with Crippen LogP contribution in [0.25, 0.3) is 0 Å². The van der Waals surface area contributed by atoms with Gasteiger partial charge >= 0.3 is 0 Å². The standard InChI is InChI=1S/C14H19BrFNO3/c1-19-8-9-20-7-3-2-6-17-14(18)11-4-5-12(15)13(16)10-11/h4-5,10H,2-3,6-9H2,1H3,(H,17,18). The SMILES string of the molecule is COCCOCCCCNC(=O)c1ccc(Br)c(F)c1. The van der Waals surface area contributed by atoms with Crippen molar-refractivity contribution < 1.29 is 18.7 Å². The molecule has 1 aromatic rings. The minimum atomic E-state index is -0.441. The Kier molecular flexibility index (Phi) is 8.41. The Bertz CT molecular complexity index is 429. The maximum Gasteiger partial charge on any atom is 0.251 e. The zero-order valence-corrected chi connectivity index (χ0v) is 13.0. The van der Waals surface area contributed by atoms with E-state index in [0.717, 1.165) is 12.8 Å². The summed E-state index contributed by atoms with van der Waals surface area (Å²) in [5.41, 5.74) is 0.321. The van der Waals surface area contributed by atoms with Gasteiger partial charge < -0.3 is 14.8 Å². The lowest BCUT2D eigenvalue weighted by atomic mass is 10.2. The number of amides is 1. The quantitative estimate of drug-likeness (QED) is 0.698. The van der Waals surface area contributed by atoms with Crippen LogP contribution in [0.2, 0.25) is 0 Å². The van der Waals surface area contributed by atoms with Crippen molar-refractivity contribution >= 4 is 21.8 Å². The van der Waals surface area contributed by atoms with E-state index in [-0.39, 0.29) is 5.91 Å². The average Bonchev–Trinajstić information content (AvgIpc) is 2.44. The van der Waals surface area contributed by atoms with Gasteiger partial charge in [0.1, 0.15) is 5.82 Å². The fraction of sp³-hybridized carbons (Fsp3) is 0.500. The summed E-state index contributed by atoms with van der Waals surface area (Å²) in [5.74, 6) is -0.708. The molecule has 0 saturated heterocycles. The van der Waals surface area contributed by atoms with Crippen molar-refractivity contribution in [1.29, 1.82) is 0 Å². The Morgan fingerprint density at radius 3 is 2.80 bits per heavy atom. The van der Waals surface area contributed by atoms with Gasteiger partial charge in [0.05, 0.1) is 17.7 Å². The zero-order valence-electron chi connectivity index (χ0n) is 11.5. The zero-order chi connectivity index (χ0) is 14.8. The van der Waals surface area contributed by atoms with Crippen LogP contribution in [0.1, 0.15) is 23.2 Å². The Labute approximate surface area is 126 Å². The van der Waals surface area contributed by atoms with Crippen LogP contribution in [0.4, 0.5) is 4.39 Å². The summed E-state index contributed by atoms with van der Waals surface area (Å²) < 4.78 is 23.8. The Hall–Kier alpha value is -0.980. The molecule has 20 heavy (non-hydrogen) atoms. The maximum absolute atomic E-state index is 13.3. The van der Waals surface area contributed by atoms with Crippen LogP contribution in [0.5, 0.6) is 0 Å². The number of benzene rings is 1. The summed E-state index contributed by atoms with van der Waals surface area (Å²) >= 11 is 3.05. The van der Waals surface area contributed by atoms with Gasteiger partial charge in [-0.3, -0.25) is 4.79 Å². The van der Waals surface area contributed by atoms with Gasteiger partial charge in [-0.25, -0.2) is 4.39 Å². The first-order chi connectivity index (χ1) is 9.65. The van der Waals surface area contributed by atoms with Gasteiger partial charge in [0.2, 0.25) is 0 Å².